The monoisotopic (exact) mass is 444 g/mol. The van der Waals surface area contributed by atoms with Gasteiger partial charge in [-0.15, -0.1) is 0 Å². The van der Waals surface area contributed by atoms with Crippen molar-refractivity contribution in [2.75, 3.05) is 18.4 Å². The van der Waals surface area contributed by atoms with Crippen LogP contribution in [0.3, 0.4) is 0 Å². The molecule has 1 heterocycles. The smallest absolute Gasteiger partial charge is 0.258 e. The van der Waals surface area contributed by atoms with Crippen LogP contribution in [0.25, 0.3) is 0 Å². The summed E-state index contributed by atoms with van der Waals surface area (Å²) in [5.74, 6) is -0.504. The fourth-order valence-corrected chi connectivity index (χ4v) is 4.35. The molecule has 3 aromatic rings. The van der Waals surface area contributed by atoms with Gasteiger partial charge in [0, 0.05) is 24.3 Å². The second-order valence-corrected chi connectivity index (χ2v) is 8.72. The Bertz CT molecular complexity index is 1120. The van der Waals surface area contributed by atoms with E-state index in [4.69, 9.17) is 0 Å². The summed E-state index contributed by atoms with van der Waals surface area (Å²) in [6.45, 7) is 3.33. The molecule has 0 bridgehead atoms. The van der Waals surface area contributed by atoms with Crippen LogP contribution in [0.2, 0.25) is 0 Å². The van der Waals surface area contributed by atoms with Crippen LogP contribution in [0.1, 0.15) is 51.1 Å². The molecule has 0 saturated carbocycles. The van der Waals surface area contributed by atoms with Crippen LogP contribution >= 0.6 is 0 Å². The van der Waals surface area contributed by atoms with Gasteiger partial charge in [-0.2, -0.15) is 0 Å². The summed E-state index contributed by atoms with van der Waals surface area (Å²) in [5.41, 5.74) is 3.21. The van der Waals surface area contributed by atoms with Crippen LogP contribution in [0.5, 0.6) is 0 Å². The van der Waals surface area contributed by atoms with Crippen LogP contribution < -0.4 is 5.32 Å². The van der Waals surface area contributed by atoms with E-state index in [0.717, 1.165) is 44.3 Å². The molecule has 4 nitrogen and oxygen atoms in total. The molecule has 5 heteroatoms. The molecule has 0 atom stereocenters. The van der Waals surface area contributed by atoms with E-state index in [1.165, 1.54) is 17.7 Å². The van der Waals surface area contributed by atoms with Crippen molar-refractivity contribution >= 4 is 17.5 Å². The topological polar surface area (TPSA) is 49.4 Å². The third kappa shape index (κ3) is 5.67. The van der Waals surface area contributed by atoms with Gasteiger partial charge in [0.05, 0.1) is 5.56 Å². The number of nitrogens with zero attached hydrogens (tertiary/aromatic N) is 1. The van der Waals surface area contributed by atoms with E-state index in [2.05, 4.69) is 29.6 Å². The van der Waals surface area contributed by atoms with E-state index in [1.54, 1.807) is 24.3 Å². The molecule has 1 fully saturated rings. The molecule has 2 amide bonds. The van der Waals surface area contributed by atoms with Gasteiger partial charge in [-0.1, -0.05) is 48.5 Å². The molecular formula is C28H29FN2O2. The fourth-order valence-electron chi connectivity index (χ4n) is 4.35. The highest BCUT2D eigenvalue weighted by Crippen LogP contribution is 2.25. The quantitative estimate of drug-likeness (QED) is 0.517. The lowest BCUT2D eigenvalue weighted by Gasteiger charge is -2.32. The minimum absolute atomic E-state index is 0.0220. The summed E-state index contributed by atoms with van der Waals surface area (Å²) >= 11 is 0. The lowest BCUT2D eigenvalue weighted by molar-refractivity contribution is 0.0686. The fraction of sp³-hybridized carbons (Fsp3) is 0.286. The number of aryl methyl sites for hydroxylation is 2. The summed E-state index contributed by atoms with van der Waals surface area (Å²) in [7, 11) is 0. The molecule has 0 aliphatic carbocycles. The second-order valence-electron chi connectivity index (χ2n) is 8.72. The number of carbonyl (C=O) groups is 2. The Labute approximate surface area is 194 Å². The van der Waals surface area contributed by atoms with Crippen LogP contribution in [0.15, 0.2) is 72.8 Å². The van der Waals surface area contributed by atoms with Crippen LogP contribution in [0, 0.1) is 18.7 Å². The van der Waals surface area contributed by atoms with Crippen LogP contribution in [-0.2, 0) is 6.42 Å². The zero-order chi connectivity index (χ0) is 23.2. The molecule has 0 radical (unpaired) electrons. The highest BCUT2D eigenvalue weighted by Gasteiger charge is 2.24. The lowest BCUT2D eigenvalue weighted by atomic mass is 9.90. The predicted molar refractivity (Wildman–Crippen MR) is 129 cm³/mol. The third-order valence-corrected chi connectivity index (χ3v) is 6.44. The first-order valence-corrected chi connectivity index (χ1v) is 11.5. The van der Waals surface area contributed by atoms with Gasteiger partial charge in [-0.3, -0.25) is 9.59 Å². The first-order valence-electron chi connectivity index (χ1n) is 11.5. The van der Waals surface area contributed by atoms with Crippen molar-refractivity contribution < 1.29 is 14.0 Å². The van der Waals surface area contributed by atoms with Gasteiger partial charge in [-0.25, -0.2) is 4.39 Å². The van der Waals surface area contributed by atoms with Crippen molar-refractivity contribution in [3.05, 3.63) is 101 Å². The number of likely N-dealkylation sites (tertiary alicyclic amines) is 1. The summed E-state index contributed by atoms with van der Waals surface area (Å²) in [6.07, 6.45) is 4.22. The molecule has 0 aromatic heterocycles. The number of halogens is 1. The number of hydrogen-bond donors (Lipinski definition) is 1. The first kappa shape index (κ1) is 22.7. The number of benzene rings is 3. The molecule has 170 valence electrons. The molecule has 1 saturated heterocycles. The average molecular weight is 445 g/mol. The zero-order valence-corrected chi connectivity index (χ0v) is 18.9. The molecule has 1 aliphatic rings. The Morgan fingerprint density at radius 1 is 0.970 bits per heavy atom. The van der Waals surface area contributed by atoms with Gasteiger partial charge >= 0.3 is 0 Å². The molecule has 3 aromatic carbocycles. The number of amides is 2. The van der Waals surface area contributed by atoms with E-state index in [0.29, 0.717) is 17.2 Å². The van der Waals surface area contributed by atoms with E-state index in [9.17, 15) is 14.0 Å². The molecule has 4 rings (SSSR count). The molecule has 0 spiro atoms. The molecule has 0 unspecified atom stereocenters. The van der Waals surface area contributed by atoms with Gasteiger partial charge < -0.3 is 10.2 Å². The maximum Gasteiger partial charge on any atom is 0.258 e. The largest absolute Gasteiger partial charge is 0.339 e. The lowest BCUT2D eigenvalue weighted by Crippen LogP contribution is -2.38. The van der Waals surface area contributed by atoms with E-state index in [-0.39, 0.29) is 11.5 Å². The van der Waals surface area contributed by atoms with E-state index >= 15 is 0 Å². The second kappa shape index (κ2) is 10.4. The summed E-state index contributed by atoms with van der Waals surface area (Å²) in [6, 6.07) is 21.7. The number of piperidine rings is 1. The van der Waals surface area contributed by atoms with Gasteiger partial charge in [0.2, 0.25) is 0 Å². The Balaban J connectivity index is 1.36. The number of nitrogens with one attached hydrogen (secondary N) is 1. The molecule has 1 aliphatic heterocycles. The Kier molecular flexibility index (Phi) is 7.18. The van der Waals surface area contributed by atoms with Crippen molar-refractivity contribution in [1.29, 1.82) is 0 Å². The number of carbonyl (C=O) groups excluding carboxylic acids is 2. The number of anilines is 1. The standard InChI is InChI=1S/C28H29FN2O2/c1-20-11-14-23(19-26(20)30-27(32)24-9-5-6-10-25(24)29)28(33)31-17-15-22(16-18-31)13-12-21-7-3-2-4-8-21/h2-11,14,19,22H,12-13,15-18H2,1H3,(H,30,32). The zero-order valence-electron chi connectivity index (χ0n) is 18.9. The number of hydrogen-bond acceptors (Lipinski definition) is 2. The van der Waals surface area contributed by atoms with Crippen molar-refractivity contribution in [2.45, 2.75) is 32.6 Å². The maximum atomic E-state index is 14.0. The van der Waals surface area contributed by atoms with Crippen molar-refractivity contribution in [2.24, 2.45) is 5.92 Å². The minimum atomic E-state index is -0.574. The SMILES string of the molecule is Cc1ccc(C(=O)N2CCC(CCc3ccccc3)CC2)cc1NC(=O)c1ccccc1F. The van der Waals surface area contributed by atoms with E-state index in [1.807, 2.05) is 24.0 Å². The Morgan fingerprint density at radius 3 is 2.39 bits per heavy atom. The first-order chi connectivity index (χ1) is 16.0. The van der Waals surface area contributed by atoms with Crippen LogP contribution in [-0.4, -0.2) is 29.8 Å². The van der Waals surface area contributed by atoms with Crippen LogP contribution in [0.4, 0.5) is 10.1 Å². The van der Waals surface area contributed by atoms with Crippen molar-refractivity contribution in [3.63, 3.8) is 0 Å². The van der Waals surface area contributed by atoms with Gasteiger partial charge in [0.1, 0.15) is 5.82 Å². The van der Waals surface area contributed by atoms with Gasteiger partial charge in [0.15, 0.2) is 0 Å². The van der Waals surface area contributed by atoms with Crippen molar-refractivity contribution in [3.8, 4) is 0 Å². The number of rotatable bonds is 6. The molecule has 33 heavy (non-hydrogen) atoms. The molecular weight excluding hydrogens is 415 g/mol. The average Bonchev–Trinajstić information content (AvgIpc) is 2.85. The highest BCUT2D eigenvalue weighted by molar-refractivity contribution is 6.05. The van der Waals surface area contributed by atoms with E-state index < -0.39 is 11.7 Å². The normalized spacial score (nSPS) is 14.2. The predicted octanol–water partition coefficient (Wildman–Crippen LogP) is 5.87. The highest BCUT2D eigenvalue weighted by atomic mass is 19.1. The summed E-state index contributed by atoms with van der Waals surface area (Å²) in [5, 5.41) is 2.76. The summed E-state index contributed by atoms with van der Waals surface area (Å²) in [4.78, 5) is 27.5. The molecule has 1 N–H and O–H groups in total. The Hall–Kier alpha value is -3.47. The van der Waals surface area contributed by atoms with Gasteiger partial charge in [-0.05, 0) is 73.9 Å². The summed E-state index contributed by atoms with van der Waals surface area (Å²) < 4.78 is 14.0. The van der Waals surface area contributed by atoms with Gasteiger partial charge in [0.25, 0.3) is 11.8 Å². The maximum absolute atomic E-state index is 14.0. The third-order valence-electron chi connectivity index (χ3n) is 6.44. The minimum Gasteiger partial charge on any atom is -0.339 e. The van der Waals surface area contributed by atoms with Crippen molar-refractivity contribution in [1.82, 2.24) is 4.90 Å². The Morgan fingerprint density at radius 2 is 1.67 bits per heavy atom.